The first-order chi connectivity index (χ1) is 16.2. The number of carbonyl (C=O) groups excluding carboxylic acids is 2. The fraction of sp³-hybridized carbons (Fsp3) is 0.318. The lowest BCUT2D eigenvalue weighted by Crippen LogP contribution is -2.24. The highest BCUT2D eigenvalue weighted by Crippen LogP contribution is 2.33. The van der Waals surface area contributed by atoms with Gasteiger partial charge < -0.3 is 23.5 Å². The van der Waals surface area contributed by atoms with Gasteiger partial charge in [0.1, 0.15) is 18.0 Å². The number of aromatic nitrogens is 1. The number of benzene rings is 2. The summed E-state index contributed by atoms with van der Waals surface area (Å²) in [6.07, 6.45) is 0. The standard InChI is InChI=1S/C22H24N2O8S2/c1-5-32-21(26)12-24-16-10-17(30-3)18(31-4)11-19(16)33-22(24)23-20(25)13-34(27,28)15-8-6-14(29-2)7-9-15/h6-11H,5,12-13H2,1-4H3. The molecule has 0 bridgehead atoms. The summed E-state index contributed by atoms with van der Waals surface area (Å²) in [5.74, 6) is -0.869. The van der Waals surface area contributed by atoms with Gasteiger partial charge in [0.25, 0.3) is 5.91 Å². The van der Waals surface area contributed by atoms with Crippen molar-refractivity contribution in [3.05, 3.63) is 41.2 Å². The Morgan fingerprint density at radius 1 is 1.00 bits per heavy atom. The topological polar surface area (TPSA) is 122 Å². The lowest BCUT2D eigenvalue weighted by molar-refractivity contribution is -0.143. The fourth-order valence-electron chi connectivity index (χ4n) is 3.14. The van der Waals surface area contributed by atoms with E-state index in [9.17, 15) is 18.0 Å². The van der Waals surface area contributed by atoms with Gasteiger partial charge in [-0.15, -0.1) is 0 Å². The van der Waals surface area contributed by atoms with Crippen LogP contribution in [0.2, 0.25) is 0 Å². The number of rotatable bonds is 9. The Morgan fingerprint density at radius 2 is 1.65 bits per heavy atom. The molecule has 3 aromatic rings. The highest BCUT2D eigenvalue weighted by molar-refractivity contribution is 7.92. The average molecular weight is 509 g/mol. The van der Waals surface area contributed by atoms with E-state index < -0.39 is 27.5 Å². The minimum atomic E-state index is -3.94. The van der Waals surface area contributed by atoms with Crippen LogP contribution in [-0.2, 0) is 30.7 Å². The van der Waals surface area contributed by atoms with Crippen LogP contribution in [0.1, 0.15) is 6.92 Å². The molecule has 0 radical (unpaired) electrons. The second-order valence-corrected chi connectivity index (χ2v) is 9.89. The monoisotopic (exact) mass is 508 g/mol. The molecule has 10 nitrogen and oxygen atoms in total. The maximum absolute atomic E-state index is 12.7. The van der Waals surface area contributed by atoms with Crippen molar-refractivity contribution >= 4 is 43.3 Å². The van der Waals surface area contributed by atoms with E-state index >= 15 is 0 Å². The van der Waals surface area contributed by atoms with Crippen LogP contribution in [0, 0.1) is 0 Å². The summed E-state index contributed by atoms with van der Waals surface area (Å²) in [7, 11) is 0.496. The predicted octanol–water partition coefficient (Wildman–Crippen LogP) is 2.19. The van der Waals surface area contributed by atoms with Crippen molar-refractivity contribution in [2.45, 2.75) is 18.4 Å². The number of thiazole rings is 1. The number of nitrogens with zero attached hydrogens (tertiary/aromatic N) is 2. The van der Waals surface area contributed by atoms with Gasteiger partial charge in [-0.05, 0) is 31.2 Å². The zero-order valence-electron chi connectivity index (χ0n) is 19.1. The molecule has 0 aliphatic rings. The van der Waals surface area contributed by atoms with E-state index in [0.29, 0.717) is 27.5 Å². The summed E-state index contributed by atoms with van der Waals surface area (Å²) in [6.45, 7) is 1.64. The first-order valence-electron chi connectivity index (χ1n) is 10.1. The molecular weight excluding hydrogens is 484 g/mol. The van der Waals surface area contributed by atoms with Crippen LogP contribution < -0.4 is 19.0 Å². The van der Waals surface area contributed by atoms with Gasteiger partial charge in [-0.25, -0.2) is 8.42 Å². The van der Waals surface area contributed by atoms with Gasteiger partial charge in [0.2, 0.25) is 0 Å². The van der Waals surface area contributed by atoms with Gasteiger partial charge in [-0.1, -0.05) is 11.3 Å². The Bertz CT molecular complexity index is 1370. The van der Waals surface area contributed by atoms with E-state index in [1.807, 2.05) is 0 Å². The molecule has 0 saturated heterocycles. The number of esters is 1. The molecule has 182 valence electrons. The third-order valence-corrected chi connectivity index (χ3v) is 7.39. The van der Waals surface area contributed by atoms with Crippen molar-refractivity contribution in [1.29, 1.82) is 0 Å². The lowest BCUT2D eigenvalue weighted by Gasteiger charge is -2.09. The molecule has 1 aromatic heterocycles. The summed E-state index contributed by atoms with van der Waals surface area (Å²) in [4.78, 5) is 29.0. The van der Waals surface area contributed by atoms with E-state index in [2.05, 4.69) is 4.99 Å². The molecule has 1 heterocycles. The van der Waals surface area contributed by atoms with Gasteiger partial charge >= 0.3 is 5.97 Å². The molecule has 1 amide bonds. The third-order valence-electron chi connectivity index (χ3n) is 4.73. The molecule has 0 spiro atoms. The first-order valence-corrected chi connectivity index (χ1v) is 12.5. The second kappa shape index (κ2) is 10.7. The van der Waals surface area contributed by atoms with Crippen LogP contribution in [-0.4, -0.2) is 58.6 Å². The zero-order chi connectivity index (χ0) is 24.9. The highest BCUT2D eigenvalue weighted by atomic mass is 32.2. The van der Waals surface area contributed by atoms with Crippen molar-refractivity contribution < 1.29 is 37.0 Å². The number of hydrogen-bond donors (Lipinski definition) is 0. The molecule has 2 aromatic carbocycles. The molecular formula is C22H24N2O8S2. The van der Waals surface area contributed by atoms with Gasteiger partial charge in [0.15, 0.2) is 26.1 Å². The number of methoxy groups -OCH3 is 3. The molecule has 3 rings (SSSR count). The van der Waals surface area contributed by atoms with Crippen molar-refractivity contribution in [2.24, 2.45) is 4.99 Å². The van der Waals surface area contributed by atoms with Crippen LogP contribution in [0.25, 0.3) is 10.2 Å². The third kappa shape index (κ3) is 5.57. The minimum Gasteiger partial charge on any atom is -0.497 e. The van der Waals surface area contributed by atoms with E-state index in [-0.39, 0.29) is 22.8 Å². The fourth-order valence-corrected chi connectivity index (χ4v) is 5.30. The highest BCUT2D eigenvalue weighted by Gasteiger charge is 2.21. The molecule has 0 aliphatic carbocycles. The number of sulfone groups is 1. The lowest BCUT2D eigenvalue weighted by atomic mass is 10.3. The average Bonchev–Trinajstić information content (AvgIpc) is 3.13. The van der Waals surface area contributed by atoms with Crippen molar-refractivity contribution in [3.63, 3.8) is 0 Å². The Balaban J connectivity index is 2.04. The molecule has 0 aliphatic heterocycles. The first kappa shape index (κ1) is 25.2. The summed E-state index contributed by atoms with van der Waals surface area (Å²) >= 11 is 1.11. The normalized spacial score (nSPS) is 11.9. The number of fused-ring (bicyclic) bond motifs is 1. The van der Waals surface area contributed by atoms with Gasteiger partial charge in [0, 0.05) is 12.1 Å². The van der Waals surface area contributed by atoms with Crippen molar-refractivity contribution in [3.8, 4) is 17.2 Å². The van der Waals surface area contributed by atoms with Crippen LogP contribution in [0.3, 0.4) is 0 Å². The van der Waals surface area contributed by atoms with Crippen LogP contribution in [0.15, 0.2) is 46.3 Å². The molecule has 0 unspecified atom stereocenters. The Morgan fingerprint density at radius 3 is 2.24 bits per heavy atom. The summed E-state index contributed by atoms with van der Waals surface area (Å²) < 4.78 is 48.2. The Kier molecular flexibility index (Phi) is 7.94. The molecule has 0 fully saturated rings. The quantitative estimate of drug-likeness (QED) is 0.403. The number of carbonyl (C=O) groups is 2. The summed E-state index contributed by atoms with van der Waals surface area (Å²) in [6, 6.07) is 9.06. The summed E-state index contributed by atoms with van der Waals surface area (Å²) in [5.41, 5.74) is 0.556. The predicted molar refractivity (Wildman–Crippen MR) is 125 cm³/mol. The van der Waals surface area contributed by atoms with Gasteiger partial charge in [0.05, 0.1) is 43.0 Å². The largest absolute Gasteiger partial charge is 0.497 e. The molecule has 0 N–H and O–H groups in total. The number of hydrogen-bond acceptors (Lipinski definition) is 9. The van der Waals surface area contributed by atoms with Crippen LogP contribution >= 0.6 is 11.3 Å². The van der Waals surface area contributed by atoms with Crippen molar-refractivity contribution in [2.75, 3.05) is 33.7 Å². The smallest absolute Gasteiger partial charge is 0.326 e. The van der Waals surface area contributed by atoms with E-state index in [1.54, 1.807) is 19.1 Å². The summed E-state index contributed by atoms with van der Waals surface area (Å²) in [5, 5.41) is 0. The minimum absolute atomic E-state index is 0.0259. The van der Waals surface area contributed by atoms with E-state index in [0.717, 1.165) is 11.3 Å². The molecule has 0 saturated carbocycles. The van der Waals surface area contributed by atoms with Gasteiger partial charge in [-0.2, -0.15) is 4.99 Å². The van der Waals surface area contributed by atoms with Crippen LogP contribution in [0.4, 0.5) is 0 Å². The van der Waals surface area contributed by atoms with Crippen molar-refractivity contribution in [1.82, 2.24) is 4.57 Å². The SMILES string of the molecule is CCOC(=O)Cn1c(=NC(=O)CS(=O)(=O)c2ccc(OC)cc2)sc2cc(OC)c(OC)cc21. The Hall–Kier alpha value is -3.38. The number of ether oxygens (including phenoxy) is 4. The van der Waals surface area contributed by atoms with E-state index in [1.165, 1.54) is 50.2 Å². The number of amides is 1. The van der Waals surface area contributed by atoms with E-state index in [4.69, 9.17) is 18.9 Å². The second-order valence-electron chi connectivity index (χ2n) is 6.89. The van der Waals surface area contributed by atoms with Gasteiger partial charge in [-0.3, -0.25) is 9.59 Å². The zero-order valence-corrected chi connectivity index (χ0v) is 20.7. The molecule has 12 heteroatoms. The maximum atomic E-state index is 12.7. The molecule has 0 atom stereocenters. The van der Waals surface area contributed by atoms with Crippen LogP contribution in [0.5, 0.6) is 17.2 Å². The maximum Gasteiger partial charge on any atom is 0.326 e. The Labute approximate surface area is 200 Å². The molecule has 34 heavy (non-hydrogen) atoms.